The predicted molar refractivity (Wildman–Crippen MR) is 126 cm³/mol. The lowest BCUT2D eigenvalue weighted by atomic mass is 9.80. The zero-order chi connectivity index (χ0) is 21.4. The molecule has 4 rings (SSSR count). The number of para-hydroxylation sites is 1. The van der Waals surface area contributed by atoms with E-state index >= 15 is 0 Å². The van der Waals surface area contributed by atoms with Gasteiger partial charge in [-0.05, 0) is 81.5 Å². The number of benzene rings is 2. The molecule has 2 aromatic carbocycles. The summed E-state index contributed by atoms with van der Waals surface area (Å²) in [6.45, 7) is 5.71. The Bertz CT molecular complexity index is 1120. The van der Waals surface area contributed by atoms with Crippen LogP contribution in [0.25, 0.3) is 21.9 Å². The third-order valence-electron chi connectivity index (χ3n) is 7.40. The van der Waals surface area contributed by atoms with Crippen LogP contribution in [0.2, 0.25) is 0 Å². The Hall–Kier alpha value is -1.81. The van der Waals surface area contributed by atoms with Gasteiger partial charge in [0.2, 0.25) is 0 Å². The first-order valence-corrected chi connectivity index (χ1v) is 13.1. The first-order chi connectivity index (χ1) is 14.3. The summed E-state index contributed by atoms with van der Waals surface area (Å²) in [6.07, 6.45) is 7.35. The smallest absolute Gasteiger partial charge is 0.155 e. The Labute approximate surface area is 180 Å². The first kappa shape index (κ1) is 21.4. The molecule has 0 N–H and O–H groups in total. The Balaban J connectivity index is 1.33. The number of furan rings is 1. The third-order valence-corrected chi connectivity index (χ3v) is 10.3. The summed E-state index contributed by atoms with van der Waals surface area (Å²) in [5.74, 6) is 1.41. The topological polar surface area (TPSA) is 47.3 Å². The van der Waals surface area contributed by atoms with E-state index in [0.717, 1.165) is 43.3 Å². The van der Waals surface area contributed by atoms with E-state index in [1.165, 1.54) is 22.8 Å². The highest BCUT2D eigenvalue weighted by molar-refractivity contribution is 7.92. The molecule has 0 spiro atoms. The Morgan fingerprint density at radius 2 is 1.60 bits per heavy atom. The van der Waals surface area contributed by atoms with Crippen LogP contribution in [0.4, 0.5) is 0 Å². The number of aryl methyl sites for hydroxylation is 1. The summed E-state index contributed by atoms with van der Waals surface area (Å²) in [4.78, 5) is 0. The molecule has 0 radical (unpaired) electrons. The number of hydrogen-bond acceptors (Lipinski definition) is 3. The molecule has 0 unspecified atom stereocenters. The Morgan fingerprint density at radius 3 is 2.33 bits per heavy atom. The van der Waals surface area contributed by atoms with Crippen molar-refractivity contribution < 1.29 is 12.8 Å². The molecule has 30 heavy (non-hydrogen) atoms. The van der Waals surface area contributed by atoms with Crippen LogP contribution in [0.15, 0.2) is 46.9 Å². The standard InChI is InChI=1S/C26H34O3S/c1-4-26(2,3)30(27,28)18-21-13-10-19(11-14-21)9-12-20-15-16-25-23(17-20)22-7-5-6-8-24(22)29-25/h5-8,15-17,19,21H,4,9-14,18H2,1-3H3. The maximum Gasteiger partial charge on any atom is 0.155 e. The summed E-state index contributed by atoms with van der Waals surface area (Å²) in [7, 11) is -3.02. The summed E-state index contributed by atoms with van der Waals surface area (Å²) in [6, 6.07) is 14.8. The van der Waals surface area contributed by atoms with Crippen LogP contribution in [-0.4, -0.2) is 18.9 Å². The van der Waals surface area contributed by atoms with Gasteiger partial charge >= 0.3 is 0 Å². The molecular formula is C26H34O3S. The van der Waals surface area contributed by atoms with Gasteiger partial charge in [0.25, 0.3) is 0 Å². The predicted octanol–water partition coefficient (Wildman–Crippen LogP) is 6.93. The third kappa shape index (κ3) is 4.30. The monoisotopic (exact) mass is 426 g/mol. The van der Waals surface area contributed by atoms with E-state index < -0.39 is 14.6 Å². The molecule has 3 nitrogen and oxygen atoms in total. The van der Waals surface area contributed by atoms with E-state index in [-0.39, 0.29) is 0 Å². The Morgan fingerprint density at radius 1 is 0.933 bits per heavy atom. The zero-order valence-electron chi connectivity index (χ0n) is 18.5. The van der Waals surface area contributed by atoms with Crippen molar-refractivity contribution in [3.63, 3.8) is 0 Å². The largest absolute Gasteiger partial charge is 0.456 e. The molecule has 1 fully saturated rings. The van der Waals surface area contributed by atoms with Gasteiger partial charge in [0.05, 0.1) is 10.5 Å². The van der Waals surface area contributed by atoms with Crippen molar-refractivity contribution in [2.75, 3.05) is 5.75 Å². The minimum absolute atomic E-state index is 0.339. The van der Waals surface area contributed by atoms with Gasteiger partial charge in [-0.3, -0.25) is 0 Å². The van der Waals surface area contributed by atoms with Gasteiger partial charge in [-0.2, -0.15) is 0 Å². The molecule has 4 heteroatoms. The van der Waals surface area contributed by atoms with Crippen molar-refractivity contribution in [3.05, 3.63) is 48.0 Å². The second-order valence-corrected chi connectivity index (χ2v) is 12.4. The van der Waals surface area contributed by atoms with E-state index in [9.17, 15) is 8.42 Å². The molecule has 1 aromatic heterocycles. The molecule has 1 aliphatic rings. The zero-order valence-corrected chi connectivity index (χ0v) is 19.3. The Kier molecular flexibility index (Phi) is 5.98. The average molecular weight is 427 g/mol. The van der Waals surface area contributed by atoms with E-state index in [1.807, 2.05) is 32.9 Å². The molecule has 0 atom stereocenters. The van der Waals surface area contributed by atoms with Crippen LogP contribution in [0.1, 0.15) is 64.9 Å². The van der Waals surface area contributed by atoms with Crippen LogP contribution in [0, 0.1) is 11.8 Å². The number of rotatable bonds is 7. The molecule has 0 aliphatic heterocycles. The molecule has 162 valence electrons. The summed E-state index contributed by atoms with van der Waals surface area (Å²) in [5, 5.41) is 2.39. The van der Waals surface area contributed by atoms with Crippen LogP contribution < -0.4 is 0 Å². The van der Waals surface area contributed by atoms with Gasteiger partial charge in [-0.1, -0.05) is 44.0 Å². The second-order valence-electron chi connectivity index (χ2n) is 9.75. The lowest BCUT2D eigenvalue weighted by Gasteiger charge is -2.31. The summed E-state index contributed by atoms with van der Waals surface area (Å²) >= 11 is 0. The highest BCUT2D eigenvalue weighted by Crippen LogP contribution is 2.35. The molecule has 1 saturated carbocycles. The number of sulfone groups is 1. The minimum Gasteiger partial charge on any atom is -0.456 e. The van der Waals surface area contributed by atoms with Gasteiger partial charge in [0, 0.05) is 10.8 Å². The minimum atomic E-state index is -3.02. The van der Waals surface area contributed by atoms with Crippen molar-refractivity contribution in [3.8, 4) is 0 Å². The van der Waals surface area contributed by atoms with Gasteiger partial charge in [0.15, 0.2) is 9.84 Å². The normalized spacial score (nSPS) is 20.8. The van der Waals surface area contributed by atoms with Gasteiger partial charge in [-0.15, -0.1) is 0 Å². The summed E-state index contributed by atoms with van der Waals surface area (Å²) < 4.78 is 30.8. The van der Waals surface area contributed by atoms with Gasteiger partial charge in [-0.25, -0.2) is 8.42 Å². The van der Waals surface area contributed by atoms with E-state index in [1.54, 1.807) is 0 Å². The average Bonchev–Trinajstić information content (AvgIpc) is 3.11. The number of hydrogen-bond donors (Lipinski definition) is 0. The molecule has 0 saturated heterocycles. The van der Waals surface area contributed by atoms with Crippen molar-refractivity contribution in [2.45, 2.75) is 70.5 Å². The molecule has 0 amide bonds. The molecule has 1 heterocycles. The lowest BCUT2D eigenvalue weighted by molar-refractivity contribution is 0.278. The maximum absolute atomic E-state index is 12.7. The second kappa shape index (κ2) is 8.37. The maximum atomic E-state index is 12.7. The molecule has 3 aromatic rings. The quantitative estimate of drug-likeness (QED) is 0.411. The van der Waals surface area contributed by atoms with E-state index in [2.05, 4.69) is 30.3 Å². The lowest BCUT2D eigenvalue weighted by Crippen LogP contribution is -2.36. The van der Waals surface area contributed by atoms with E-state index in [4.69, 9.17) is 4.42 Å². The van der Waals surface area contributed by atoms with Crippen molar-refractivity contribution in [2.24, 2.45) is 11.8 Å². The van der Waals surface area contributed by atoms with Crippen LogP contribution in [0.5, 0.6) is 0 Å². The van der Waals surface area contributed by atoms with Crippen LogP contribution in [-0.2, 0) is 16.3 Å². The fourth-order valence-corrected chi connectivity index (χ4v) is 6.59. The highest BCUT2D eigenvalue weighted by atomic mass is 32.2. The summed E-state index contributed by atoms with van der Waals surface area (Å²) in [5.41, 5.74) is 3.27. The van der Waals surface area contributed by atoms with E-state index in [0.29, 0.717) is 24.0 Å². The highest BCUT2D eigenvalue weighted by Gasteiger charge is 2.35. The van der Waals surface area contributed by atoms with Crippen LogP contribution >= 0.6 is 0 Å². The van der Waals surface area contributed by atoms with Gasteiger partial charge in [0.1, 0.15) is 11.2 Å². The fraction of sp³-hybridized carbons (Fsp3) is 0.538. The van der Waals surface area contributed by atoms with Crippen molar-refractivity contribution in [1.29, 1.82) is 0 Å². The first-order valence-electron chi connectivity index (χ1n) is 11.4. The van der Waals surface area contributed by atoms with Crippen molar-refractivity contribution in [1.82, 2.24) is 0 Å². The van der Waals surface area contributed by atoms with Crippen molar-refractivity contribution >= 4 is 31.8 Å². The fourth-order valence-electron chi connectivity index (χ4n) is 4.74. The SMILES string of the molecule is CCC(C)(C)S(=O)(=O)CC1CCC(CCc2ccc3oc4ccccc4c3c2)CC1. The number of fused-ring (bicyclic) bond motifs is 3. The van der Waals surface area contributed by atoms with Gasteiger partial charge < -0.3 is 4.42 Å². The molecule has 0 bridgehead atoms. The molecular weight excluding hydrogens is 392 g/mol. The molecule has 1 aliphatic carbocycles. The van der Waals surface area contributed by atoms with Crippen LogP contribution in [0.3, 0.4) is 0 Å².